The second-order valence-electron chi connectivity index (χ2n) is 4.30. The van der Waals surface area contributed by atoms with Crippen LogP contribution in [0.3, 0.4) is 0 Å². The summed E-state index contributed by atoms with van der Waals surface area (Å²) in [6.45, 7) is 0.784. The number of rotatable bonds is 6. The fourth-order valence-corrected chi connectivity index (χ4v) is 1.58. The number of ether oxygens (including phenoxy) is 1. The molecular weight excluding hydrogens is 294 g/mol. The zero-order chi connectivity index (χ0) is 15.9. The predicted octanol–water partition coefficient (Wildman–Crippen LogP) is 1.87. The molecule has 22 heavy (non-hydrogen) atoms. The molecule has 0 radical (unpaired) electrons. The smallest absolute Gasteiger partial charge is 0.254 e. The highest BCUT2D eigenvalue weighted by Crippen LogP contribution is 2.16. The van der Waals surface area contributed by atoms with Crippen molar-refractivity contribution in [2.24, 2.45) is 0 Å². The largest absolute Gasteiger partial charge is 0.383 e. The highest BCUT2D eigenvalue weighted by Gasteiger charge is 2.07. The van der Waals surface area contributed by atoms with Crippen molar-refractivity contribution in [3.8, 4) is 0 Å². The van der Waals surface area contributed by atoms with Crippen LogP contribution in [0.1, 0.15) is 10.4 Å². The molecule has 0 bridgehead atoms. The van der Waals surface area contributed by atoms with Crippen LogP contribution in [0.25, 0.3) is 0 Å². The molecule has 0 unspecified atom stereocenters. The van der Waals surface area contributed by atoms with E-state index in [0.717, 1.165) is 12.1 Å². The van der Waals surface area contributed by atoms with E-state index in [1.54, 1.807) is 0 Å². The summed E-state index contributed by atoms with van der Waals surface area (Å²) in [5.74, 6) is -2.07. The van der Waals surface area contributed by atoms with Gasteiger partial charge in [-0.1, -0.05) is 0 Å². The van der Waals surface area contributed by atoms with Gasteiger partial charge >= 0.3 is 0 Å². The molecule has 1 aromatic heterocycles. The number of aromatic nitrogens is 2. The van der Waals surface area contributed by atoms with Gasteiger partial charge in [-0.2, -0.15) is 0 Å². The van der Waals surface area contributed by atoms with Crippen LogP contribution in [0, 0.1) is 11.6 Å². The molecule has 6 nitrogen and oxygen atoms in total. The quantitative estimate of drug-likeness (QED) is 0.797. The molecule has 2 rings (SSSR count). The molecule has 0 saturated carbocycles. The average molecular weight is 308 g/mol. The van der Waals surface area contributed by atoms with Gasteiger partial charge in [-0.15, -0.1) is 0 Å². The van der Waals surface area contributed by atoms with Gasteiger partial charge in [-0.05, 0) is 12.1 Å². The summed E-state index contributed by atoms with van der Waals surface area (Å²) >= 11 is 0. The lowest BCUT2D eigenvalue weighted by atomic mass is 10.3. The van der Waals surface area contributed by atoms with Crippen molar-refractivity contribution >= 4 is 17.5 Å². The minimum Gasteiger partial charge on any atom is -0.383 e. The highest BCUT2D eigenvalue weighted by atomic mass is 19.2. The number of benzene rings is 1. The van der Waals surface area contributed by atoms with E-state index in [-0.39, 0.29) is 17.4 Å². The molecule has 116 valence electrons. The Hall–Kier alpha value is -2.61. The van der Waals surface area contributed by atoms with Gasteiger partial charge in [0.05, 0.1) is 12.2 Å². The number of methoxy groups -OCH3 is 1. The summed E-state index contributed by atoms with van der Waals surface area (Å²) in [4.78, 5) is 19.6. The lowest BCUT2D eigenvalue weighted by Crippen LogP contribution is -2.27. The summed E-state index contributed by atoms with van der Waals surface area (Å²) in [6.07, 6.45) is 2.66. The topological polar surface area (TPSA) is 76.1 Å². The van der Waals surface area contributed by atoms with Crippen molar-refractivity contribution < 1.29 is 18.3 Å². The first-order chi connectivity index (χ1) is 10.6. The number of hydrogen-bond donors (Lipinski definition) is 2. The highest BCUT2D eigenvalue weighted by molar-refractivity contribution is 5.93. The van der Waals surface area contributed by atoms with Crippen LogP contribution < -0.4 is 10.6 Å². The molecule has 1 heterocycles. The summed E-state index contributed by atoms with van der Waals surface area (Å²) in [5.41, 5.74) is 0.586. The first-order valence-corrected chi connectivity index (χ1v) is 6.41. The molecule has 0 aliphatic rings. The van der Waals surface area contributed by atoms with Crippen molar-refractivity contribution in [1.29, 1.82) is 0 Å². The molecule has 1 aromatic carbocycles. The third kappa shape index (κ3) is 4.19. The zero-order valence-corrected chi connectivity index (χ0v) is 11.8. The Morgan fingerprint density at radius 2 is 1.95 bits per heavy atom. The molecule has 0 aliphatic heterocycles. The molecule has 0 atom stereocenters. The van der Waals surface area contributed by atoms with Gasteiger partial charge in [-0.3, -0.25) is 4.79 Å². The van der Waals surface area contributed by atoms with Gasteiger partial charge in [-0.25, -0.2) is 18.7 Å². The van der Waals surface area contributed by atoms with Crippen LogP contribution in [-0.4, -0.2) is 36.1 Å². The Labute approximate surface area is 125 Å². The van der Waals surface area contributed by atoms with Gasteiger partial charge < -0.3 is 15.4 Å². The fourth-order valence-electron chi connectivity index (χ4n) is 1.58. The fraction of sp³-hybridized carbons (Fsp3) is 0.214. The van der Waals surface area contributed by atoms with Crippen LogP contribution in [0.2, 0.25) is 0 Å². The zero-order valence-electron chi connectivity index (χ0n) is 11.8. The molecule has 0 fully saturated rings. The maximum atomic E-state index is 13.1. The second kappa shape index (κ2) is 7.41. The van der Waals surface area contributed by atoms with Gasteiger partial charge in [0, 0.05) is 37.8 Å². The predicted molar refractivity (Wildman–Crippen MR) is 75.9 cm³/mol. The normalized spacial score (nSPS) is 10.3. The second-order valence-corrected chi connectivity index (χ2v) is 4.30. The molecule has 0 saturated heterocycles. The molecule has 0 aliphatic carbocycles. The Morgan fingerprint density at radius 1 is 1.23 bits per heavy atom. The number of nitrogens with one attached hydrogen (secondary N) is 2. The monoisotopic (exact) mass is 308 g/mol. The van der Waals surface area contributed by atoms with Gasteiger partial charge in [0.2, 0.25) is 5.95 Å². The molecule has 2 N–H and O–H groups in total. The minimum absolute atomic E-state index is 0.166. The van der Waals surface area contributed by atoms with Crippen LogP contribution in [0.5, 0.6) is 0 Å². The number of hydrogen-bond acceptors (Lipinski definition) is 5. The van der Waals surface area contributed by atoms with E-state index in [9.17, 15) is 13.6 Å². The third-order valence-corrected chi connectivity index (χ3v) is 2.68. The van der Waals surface area contributed by atoms with Crippen molar-refractivity contribution in [1.82, 2.24) is 15.3 Å². The van der Waals surface area contributed by atoms with Crippen molar-refractivity contribution in [2.75, 3.05) is 25.6 Å². The molecule has 2 aromatic rings. The maximum absolute atomic E-state index is 13.1. The summed E-state index contributed by atoms with van der Waals surface area (Å²) in [6, 6.07) is 3.34. The molecular formula is C14H14F2N4O2. The number of amides is 1. The first kappa shape index (κ1) is 15.8. The number of anilines is 2. The van der Waals surface area contributed by atoms with Gasteiger partial charge in [0.15, 0.2) is 11.6 Å². The standard InChI is InChI=1S/C14H14F2N4O2/c1-22-5-4-17-13(21)9-7-18-14(19-8-9)20-10-2-3-11(15)12(16)6-10/h2-3,6-8H,4-5H2,1H3,(H,17,21)(H,18,19,20). The first-order valence-electron chi connectivity index (χ1n) is 6.41. The van der Waals surface area contributed by atoms with Crippen LogP contribution in [0.15, 0.2) is 30.6 Å². The van der Waals surface area contributed by atoms with E-state index in [1.165, 1.54) is 25.6 Å². The summed E-state index contributed by atoms with van der Waals surface area (Å²) < 4.78 is 30.7. The molecule has 8 heteroatoms. The molecule has 1 amide bonds. The Morgan fingerprint density at radius 3 is 2.59 bits per heavy atom. The Bertz CT molecular complexity index is 650. The van der Waals surface area contributed by atoms with Gasteiger partial charge in [0.1, 0.15) is 0 Å². The lowest BCUT2D eigenvalue weighted by Gasteiger charge is -2.06. The van der Waals surface area contributed by atoms with Crippen LogP contribution in [0.4, 0.5) is 20.4 Å². The SMILES string of the molecule is COCCNC(=O)c1cnc(Nc2ccc(F)c(F)c2)nc1. The van der Waals surface area contributed by atoms with E-state index in [4.69, 9.17) is 4.74 Å². The van der Waals surface area contributed by atoms with E-state index in [1.807, 2.05) is 0 Å². The summed E-state index contributed by atoms with van der Waals surface area (Å²) in [7, 11) is 1.54. The van der Waals surface area contributed by atoms with E-state index < -0.39 is 11.6 Å². The molecule has 0 spiro atoms. The van der Waals surface area contributed by atoms with Crippen molar-refractivity contribution in [2.45, 2.75) is 0 Å². The third-order valence-electron chi connectivity index (χ3n) is 2.68. The Balaban J connectivity index is 1.99. The number of halogens is 2. The van der Waals surface area contributed by atoms with Gasteiger partial charge in [0.25, 0.3) is 5.91 Å². The number of carbonyl (C=O) groups is 1. The Kier molecular flexibility index (Phi) is 5.31. The minimum atomic E-state index is -0.973. The van der Waals surface area contributed by atoms with Crippen molar-refractivity contribution in [3.63, 3.8) is 0 Å². The number of carbonyl (C=O) groups excluding carboxylic acids is 1. The van der Waals surface area contributed by atoms with E-state index >= 15 is 0 Å². The van der Waals surface area contributed by atoms with Crippen molar-refractivity contribution in [3.05, 3.63) is 47.8 Å². The number of nitrogens with zero attached hydrogens (tertiary/aromatic N) is 2. The van der Waals surface area contributed by atoms with Crippen LogP contribution in [-0.2, 0) is 4.74 Å². The van der Waals surface area contributed by atoms with E-state index in [2.05, 4.69) is 20.6 Å². The average Bonchev–Trinajstić information content (AvgIpc) is 2.52. The summed E-state index contributed by atoms with van der Waals surface area (Å²) in [5, 5.41) is 5.34. The van der Waals surface area contributed by atoms with Crippen LogP contribution >= 0.6 is 0 Å². The lowest BCUT2D eigenvalue weighted by molar-refractivity contribution is 0.0936. The maximum Gasteiger partial charge on any atom is 0.254 e. The van der Waals surface area contributed by atoms with E-state index in [0.29, 0.717) is 18.8 Å².